The lowest BCUT2D eigenvalue weighted by atomic mass is 10.0. The summed E-state index contributed by atoms with van der Waals surface area (Å²) < 4.78 is 1.21. The van der Waals surface area contributed by atoms with Gasteiger partial charge in [0.15, 0.2) is 0 Å². The van der Waals surface area contributed by atoms with Crippen molar-refractivity contribution in [2.45, 2.75) is 26.7 Å². The van der Waals surface area contributed by atoms with E-state index in [1.807, 2.05) is 0 Å². The van der Waals surface area contributed by atoms with Gasteiger partial charge < -0.3 is 5.73 Å². The third-order valence-corrected chi connectivity index (χ3v) is 3.16. The van der Waals surface area contributed by atoms with Crippen LogP contribution in [-0.4, -0.2) is 6.54 Å². The number of rotatable bonds is 3. The number of aryl methyl sites for hydroxylation is 2. The summed E-state index contributed by atoms with van der Waals surface area (Å²) in [5, 5.41) is 0. The highest BCUT2D eigenvalue weighted by Gasteiger charge is 2.01. The fraction of sp³-hybridized carbons (Fsp3) is 0.455. The zero-order valence-corrected chi connectivity index (χ0v) is 9.82. The SMILES string of the molecule is Cc1cc(CCCN)cc(Br)c1C. The normalized spacial score (nSPS) is 10.5. The van der Waals surface area contributed by atoms with Crippen LogP contribution >= 0.6 is 15.9 Å². The van der Waals surface area contributed by atoms with E-state index in [-0.39, 0.29) is 0 Å². The zero-order chi connectivity index (χ0) is 9.84. The van der Waals surface area contributed by atoms with Gasteiger partial charge in [-0.15, -0.1) is 0 Å². The Morgan fingerprint density at radius 3 is 2.54 bits per heavy atom. The van der Waals surface area contributed by atoms with E-state index >= 15 is 0 Å². The first-order chi connectivity index (χ1) is 6.15. The van der Waals surface area contributed by atoms with Crippen molar-refractivity contribution in [3.05, 3.63) is 33.3 Å². The van der Waals surface area contributed by atoms with Gasteiger partial charge in [-0.05, 0) is 56.0 Å². The molecule has 2 N–H and O–H groups in total. The van der Waals surface area contributed by atoms with Crippen molar-refractivity contribution in [1.29, 1.82) is 0 Å². The van der Waals surface area contributed by atoms with Crippen molar-refractivity contribution in [2.75, 3.05) is 6.54 Å². The van der Waals surface area contributed by atoms with Gasteiger partial charge in [0.05, 0.1) is 0 Å². The van der Waals surface area contributed by atoms with Crippen LogP contribution in [-0.2, 0) is 6.42 Å². The summed E-state index contributed by atoms with van der Waals surface area (Å²) >= 11 is 3.56. The van der Waals surface area contributed by atoms with E-state index in [1.54, 1.807) is 0 Å². The maximum absolute atomic E-state index is 5.47. The molecule has 0 saturated carbocycles. The molecule has 0 aliphatic rings. The van der Waals surface area contributed by atoms with Gasteiger partial charge in [-0.25, -0.2) is 0 Å². The highest BCUT2D eigenvalue weighted by atomic mass is 79.9. The van der Waals surface area contributed by atoms with Gasteiger partial charge in [-0.2, -0.15) is 0 Å². The Balaban J connectivity index is 2.86. The first-order valence-electron chi connectivity index (χ1n) is 4.61. The Hall–Kier alpha value is -0.340. The Morgan fingerprint density at radius 2 is 2.00 bits per heavy atom. The maximum Gasteiger partial charge on any atom is 0.0209 e. The summed E-state index contributed by atoms with van der Waals surface area (Å²) in [6.07, 6.45) is 2.14. The molecule has 0 aliphatic carbocycles. The monoisotopic (exact) mass is 241 g/mol. The molecule has 1 rings (SSSR count). The minimum absolute atomic E-state index is 0.768. The van der Waals surface area contributed by atoms with Crippen molar-refractivity contribution in [3.63, 3.8) is 0 Å². The largest absolute Gasteiger partial charge is 0.330 e. The molecule has 0 radical (unpaired) electrons. The van der Waals surface area contributed by atoms with E-state index in [4.69, 9.17) is 5.73 Å². The molecule has 0 aliphatic heterocycles. The molecule has 0 fully saturated rings. The van der Waals surface area contributed by atoms with Gasteiger partial charge in [0.1, 0.15) is 0 Å². The Kier molecular flexibility index (Phi) is 3.94. The smallest absolute Gasteiger partial charge is 0.0209 e. The molecule has 13 heavy (non-hydrogen) atoms. The molecule has 72 valence electrons. The predicted molar refractivity (Wildman–Crippen MR) is 61.0 cm³/mol. The summed E-state index contributed by atoms with van der Waals surface area (Å²) in [5.74, 6) is 0. The number of nitrogens with two attached hydrogens (primary N) is 1. The van der Waals surface area contributed by atoms with E-state index < -0.39 is 0 Å². The van der Waals surface area contributed by atoms with Crippen LogP contribution in [0.3, 0.4) is 0 Å². The molecule has 0 bridgehead atoms. The van der Waals surface area contributed by atoms with Crippen LogP contribution in [0.4, 0.5) is 0 Å². The molecule has 0 amide bonds. The van der Waals surface area contributed by atoms with E-state index in [2.05, 4.69) is 41.9 Å². The highest BCUT2D eigenvalue weighted by molar-refractivity contribution is 9.10. The van der Waals surface area contributed by atoms with Crippen LogP contribution in [0.2, 0.25) is 0 Å². The first-order valence-corrected chi connectivity index (χ1v) is 5.40. The average molecular weight is 242 g/mol. The van der Waals surface area contributed by atoms with Crippen LogP contribution in [0.1, 0.15) is 23.1 Å². The fourth-order valence-corrected chi connectivity index (χ4v) is 1.94. The first kappa shape index (κ1) is 10.7. The number of benzene rings is 1. The molecular weight excluding hydrogens is 226 g/mol. The molecule has 1 aromatic carbocycles. The average Bonchev–Trinajstić information content (AvgIpc) is 2.10. The van der Waals surface area contributed by atoms with Gasteiger partial charge >= 0.3 is 0 Å². The quantitative estimate of drug-likeness (QED) is 0.866. The van der Waals surface area contributed by atoms with E-state index in [0.717, 1.165) is 19.4 Å². The standard InChI is InChI=1S/C11H16BrN/c1-8-6-10(4-3-5-13)7-11(12)9(8)2/h6-7H,3-5,13H2,1-2H3. The molecule has 1 nitrogen and oxygen atoms in total. The summed E-state index contributed by atoms with van der Waals surface area (Å²) in [5.41, 5.74) is 9.52. The van der Waals surface area contributed by atoms with Crippen LogP contribution in [0.5, 0.6) is 0 Å². The van der Waals surface area contributed by atoms with Gasteiger partial charge in [-0.3, -0.25) is 0 Å². The lowest BCUT2D eigenvalue weighted by Crippen LogP contribution is -2.00. The summed E-state index contributed by atoms with van der Waals surface area (Å²) in [6, 6.07) is 4.44. The second kappa shape index (κ2) is 4.77. The third-order valence-electron chi connectivity index (χ3n) is 2.33. The Labute approximate surface area is 88.5 Å². The third kappa shape index (κ3) is 2.82. The lowest BCUT2D eigenvalue weighted by Gasteiger charge is -2.07. The molecule has 0 unspecified atom stereocenters. The van der Waals surface area contributed by atoms with E-state index in [9.17, 15) is 0 Å². The zero-order valence-electron chi connectivity index (χ0n) is 8.23. The van der Waals surface area contributed by atoms with Crippen LogP contribution in [0.25, 0.3) is 0 Å². The molecular formula is C11H16BrN. The summed E-state index contributed by atoms with van der Waals surface area (Å²) in [4.78, 5) is 0. The van der Waals surface area contributed by atoms with Crippen molar-refractivity contribution in [2.24, 2.45) is 5.73 Å². The number of halogens is 1. The number of hydrogen-bond donors (Lipinski definition) is 1. The molecule has 2 heteroatoms. The van der Waals surface area contributed by atoms with Crippen molar-refractivity contribution in [3.8, 4) is 0 Å². The van der Waals surface area contributed by atoms with Gasteiger partial charge in [0.25, 0.3) is 0 Å². The molecule has 0 atom stereocenters. The maximum atomic E-state index is 5.47. The van der Waals surface area contributed by atoms with Crippen molar-refractivity contribution < 1.29 is 0 Å². The highest BCUT2D eigenvalue weighted by Crippen LogP contribution is 2.22. The second-order valence-corrected chi connectivity index (χ2v) is 4.27. The number of hydrogen-bond acceptors (Lipinski definition) is 1. The molecule has 0 aromatic heterocycles. The molecule has 0 heterocycles. The van der Waals surface area contributed by atoms with E-state index in [0.29, 0.717) is 0 Å². The minimum Gasteiger partial charge on any atom is -0.330 e. The predicted octanol–water partition coefficient (Wildman–Crippen LogP) is 2.96. The van der Waals surface area contributed by atoms with Crippen LogP contribution in [0.15, 0.2) is 16.6 Å². The molecule has 1 aromatic rings. The van der Waals surface area contributed by atoms with E-state index in [1.165, 1.54) is 21.2 Å². The fourth-order valence-electron chi connectivity index (χ4n) is 1.34. The summed E-state index contributed by atoms with van der Waals surface area (Å²) in [7, 11) is 0. The minimum atomic E-state index is 0.768. The van der Waals surface area contributed by atoms with Crippen LogP contribution in [0, 0.1) is 13.8 Å². The van der Waals surface area contributed by atoms with Crippen molar-refractivity contribution >= 4 is 15.9 Å². The van der Waals surface area contributed by atoms with Gasteiger partial charge in [-0.1, -0.05) is 22.0 Å². The topological polar surface area (TPSA) is 26.0 Å². The Bertz CT molecular complexity index is 271. The second-order valence-electron chi connectivity index (χ2n) is 3.41. The molecule has 0 spiro atoms. The Morgan fingerprint density at radius 1 is 1.31 bits per heavy atom. The van der Waals surface area contributed by atoms with Gasteiger partial charge in [0.2, 0.25) is 0 Å². The van der Waals surface area contributed by atoms with Crippen molar-refractivity contribution in [1.82, 2.24) is 0 Å². The molecule has 0 saturated heterocycles. The lowest BCUT2D eigenvalue weighted by molar-refractivity contribution is 0.831. The summed E-state index contributed by atoms with van der Waals surface area (Å²) in [6.45, 7) is 5.04. The van der Waals surface area contributed by atoms with Crippen LogP contribution < -0.4 is 5.73 Å². The van der Waals surface area contributed by atoms with Gasteiger partial charge in [0, 0.05) is 4.47 Å².